The standard InChI is InChI=1S/C9H12N4O4/c1-12-5-10-6(13(16)17)7(12)11-9(8(14)15)3-2-4-9/h5,11H,2-4H2,1H3,(H,14,15). The summed E-state index contributed by atoms with van der Waals surface area (Å²) in [5.74, 6) is -1.20. The molecule has 1 heterocycles. The molecule has 8 nitrogen and oxygen atoms in total. The van der Waals surface area contributed by atoms with Crippen LogP contribution in [0, 0.1) is 10.1 Å². The van der Waals surface area contributed by atoms with Crippen LogP contribution in [0.5, 0.6) is 0 Å². The summed E-state index contributed by atoms with van der Waals surface area (Å²) in [6, 6.07) is 0. The molecule has 8 heteroatoms. The van der Waals surface area contributed by atoms with Gasteiger partial charge in [-0.05, 0) is 29.2 Å². The number of rotatable bonds is 4. The Morgan fingerprint density at radius 3 is 2.76 bits per heavy atom. The third-order valence-electron chi connectivity index (χ3n) is 3.06. The molecule has 2 rings (SSSR count). The highest BCUT2D eigenvalue weighted by molar-refractivity contribution is 5.84. The molecular weight excluding hydrogens is 228 g/mol. The van der Waals surface area contributed by atoms with Gasteiger partial charge in [-0.3, -0.25) is 4.57 Å². The van der Waals surface area contributed by atoms with Crippen LogP contribution in [0.15, 0.2) is 6.33 Å². The van der Waals surface area contributed by atoms with E-state index in [1.807, 2.05) is 0 Å². The lowest BCUT2D eigenvalue weighted by atomic mass is 9.77. The van der Waals surface area contributed by atoms with Gasteiger partial charge in [0.1, 0.15) is 5.54 Å². The number of carboxylic acid groups (broad SMARTS) is 1. The van der Waals surface area contributed by atoms with Gasteiger partial charge in [0.25, 0.3) is 0 Å². The van der Waals surface area contributed by atoms with Crippen molar-refractivity contribution < 1.29 is 14.8 Å². The summed E-state index contributed by atoms with van der Waals surface area (Å²) in [7, 11) is 1.58. The van der Waals surface area contributed by atoms with Crippen LogP contribution < -0.4 is 5.32 Å². The topological polar surface area (TPSA) is 110 Å². The molecule has 0 unspecified atom stereocenters. The lowest BCUT2D eigenvalue weighted by Crippen LogP contribution is -2.52. The van der Waals surface area contributed by atoms with Gasteiger partial charge in [0.05, 0.1) is 0 Å². The zero-order chi connectivity index (χ0) is 12.6. The molecule has 17 heavy (non-hydrogen) atoms. The van der Waals surface area contributed by atoms with Crippen LogP contribution in [-0.4, -0.2) is 31.1 Å². The summed E-state index contributed by atoms with van der Waals surface area (Å²) in [5.41, 5.74) is -1.08. The highest BCUT2D eigenvalue weighted by Gasteiger charge is 2.46. The molecule has 2 N–H and O–H groups in total. The fraction of sp³-hybridized carbons (Fsp3) is 0.556. The van der Waals surface area contributed by atoms with E-state index >= 15 is 0 Å². The van der Waals surface area contributed by atoms with E-state index in [9.17, 15) is 14.9 Å². The number of hydrogen-bond donors (Lipinski definition) is 2. The normalized spacial score (nSPS) is 17.2. The zero-order valence-electron chi connectivity index (χ0n) is 9.21. The van der Waals surface area contributed by atoms with Crippen molar-refractivity contribution in [1.29, 1.82) is 0 Å². The number of hydrogen-bond acceptors (Lipinski definition) is 5. The third kappa shape index (κ3) is 1.71. The highest BCUT2D eigenvalue weighted by Crippen LogP contribution is 2.37. The molecular formula is C9H12N4O4. The van der Waals surface area contributed by atoms with Gasteiger partial charge >= 0.3 is 11.8 Å². The maximum Gasteiger partial charge on any atom is 0.406 e. The number of imidazole rings is 1. The monoisotopic (exact) mass is 240 g/mol. The average molecular weight is 240 g/mol. The Morgan fingerprint density at radius 1 is 1.71 bits per heavy atom. The fourth-order valence-corrected chi connectivity index (χ4v) is 1.84. The van der Waals surface area contributed by atoms with Crippen molar-refractivity contribution in [3.8, 4) is 0 Å². The minimum Gasteiger partial charge on any atom is -0.480 e. The second kappa shape index (κ2) is 3.72. The summed E-state index contributed by atoms with van der Waals surface area (Å²) < 4.78 is 1.42. The van der Waals surface area contributed by atoms with Crippen LogP contribution in [0.1, 0.15) is 19.3 Å². The van der Waals surface area contributed by atoms with E-state index in [1.165, 1.54) is 10.9 Å². The van der Waals surface area contributed by atoms with E-state index in [-0.39, 0.29) is 11.6 Å². The van der Waals surface area contributed by atoms with Gasteiger partial charge in [0.2, 0.25) is 12.1 Å². The first kappa shape index (κ1) is 11.4. The smallest absolute Gasteiger partial charge is 0.406 e. The van der Waals surface area contributed by atoms with Crippen molar-refractivity contribution in [3.05, 3.63) is 16.4 Å². The first-order valence-electron chi connectivity index (χ1n) is 5.13. The number of carbonyl (C=O) groups is 1. The Bertz CT molecular complexity index is 477. The molecule has 1 aliphatic carbocycles. The highest BCUT2D eigenvalue weighted by atomic mass is 16.6. The fourth-order valence-electron chi connectivity index (χ4n) is 1.84. The summed E-state index contributed by atoms with van der Waals surface area (Å²) in [6.45, 7) is 0. The van der Waals surface area contributed by atoms with E-state index in [4.69, 9.17) is 5.11 Å². The summed E-state index contributed by atoms with van der Waals surface area (Å²) in [6.07, 6.45) is 3.01. The second-order valence-corrected chi connectivity index (χ2v) is 4.15. The number of aryl methyl sites for hydroxylation is 1. The van der Waals surface area contributed by atoms with Crippen molar-refractivity contribution in [3.63, 3.8) is 0 Å². The van der Waals surface area contributed by atoms with Gasteiger partial charge in [-0.2, -0.15) is 0 Å². The number of nitrogens with one attached hydrogen (secondary N) is 1. The summed E-state index contributed by atoms with van der Waals surface area (Å²) in [5, 5.41) is 22.6. The minimum atomic E-state index is -1.08. The molecule has 1 aromatic rings. The van der Waals surface area contributed by atoms with Gasteiger partial charge in [0.15, 0.2) is 0 Å². The summed E-state index contributed by atoms with van der Waals surface area (Å²) >= 11 is 0. The number of nitro groups is 1. The average Bonchev–Trinajstić information content (AvgIpc) is 2.53. The predicted molar refractivity (Wildman–Crippen MR) is 57.7 cm³/mol. The number of carboxylic acids is 1. The van der Waals surface area contributed by atoms with Crippen LogP contribution in [0.2, 0.25) is 0 Å². The molecule has 0 saturated heterocycles. The van der Waals surface area contributed by atoms with Crippen molar-refractivity contribution in [2.45, 2.75) is 24.8 Å². The van der Waals surface area contributed by atoms with Gasteiger partial charge in [-0.15, -0.1) is 0 Å². The van der Waals surface area contributed by atoms with Crippen LogP contribution >= 0.6 is 0 Å². The molecule has 0 atom stereocenters. The van der Waals surface area contributed by atoms with Crippen molar-refractivity contribution >= 4 is 17.6 Å². The number of anilines is 1. The summed E-state index contributed by atoms with van der Waals surface area (Å²) in [4.78, 5) is 24.9. The quantitative estimate of drug-likeness (QED) is 0.593. The molecule has 1 saturated carbocycles. The van der Waals surface area contributed by atoms with E-state index in [1.54, 1.807) is 7.05 Å². The molecule has 0 bridgehead atoms. The first-order valence-corrected chi connectivity index (χ1v) is 5.13. The molecule has 92 valence electrons. The van der Waals surface area contributed by atoms with Gasteiger partial charge in [0, 0.05) is 7.05 Å². The third-order valence-corrected chi connectivity index (χ3v) is 3.06. The first-order chi connectivity index (χ1) is 7.96. The minimum absolute atomic E-state index is 0.136. The molecule has 0 radical (unpaired) electrons. The van der Waals surface area contributed by atoms with E-state index in [0.29, 0.717) is 12.8 Å². The van der Waals surface area contributed by atoms with Crippen LogP contribution in [-0.2, 0) is 11.8 Å². The molecule has 1 aliphatic rings. The number of nitrogens with zero attached hydrogens (tertiary/aromatic N) is 3. The molecule has 1 aromatic heterocycles. The lowest BCUT2D eigenvalue weighted by molar-refractivity contribution is -0.388. The largest absolute Gasteiger partial charge is 0.480 e. The molecule has 0 spiro atoms. The lowest BCUT2D eigenvalue weighted by Gasteiger charge is -2.38. The SMILES string of the molecule is Cn1cnc([N+](=O)[O-])c1NC1(C(=O)O)CCC1. The Kier molecular flexibility index (Phi) is 2.49. The molecule has 1 fully saturated rings. The van der Waals surface area contributed by atoms with E-state index in [0.717, 1.165) is 6.42 Å². The molecule has 0 aromatic carbocycles. The zero-order valence-corrected chi connectivity index (χ0v) is 9.21. The van der Waals surface area contributed by atoms with Gasteiger partial charge < -0.3 is 20.5 Å². The Morgan fingerprint density at radius 2 is 2.35 bits per heavy atom. The van der Waals surface area contributed by atoms with Crippen LogP contribution in [0.3, 0.4) is 0 Å². The Labute approximate surface area is 96.4 Å². The van der Waals surface area contributed by atoms with E-state index < -0.39 is 16.4 Å². The number of aromatic nitrogens is 2. The van der Waals surface area contributed by atoms with Crippen LogP contribution in [0.4, 0.5) is 11.6 Å². The molecule has 0 amide bonds. The maximum atomic E-state index is 11.2. The second-order valence-electron chi connectivity index (χ2n) is 4.15. The van der Waals surface area contributed by atoms with Crippen molar-refractivity contribution in [2.24, 2.45) is 7.05 Å². The van der Waals surface area contributed by atoms with Gasteiger partial charge in [-0.1, -0.05) is 0 Å². The Balaban J connectivity index is 2.32. The predicted octanol–water partition coefficient (Wildman–Crippen LogP) is 0.747. The number of aliphatic carboxylic acids is 1. The van der Waals surface area contributed by atoms with E-state index in [2.05, 4.69) is 10.3 Å². The Hall–Kier alpha value is -2.12. The van der Waals surface area contributed by atoms with Gasteiger partial charge in [-0.25, -0.2) is 4.79 Å². The van der Waals surface area contributed by atoms with Crippen molar-refractivity contribution in [2.75, 3.05) is 5.32 Å². The maximum absolute atomic E-state index is 11.2. The molecule has 0 aliphatic heterocycles. The van der Waals surface area contributed by atoms with Crippen LogP contribution in [0.25, 0.3) is 0 Å². The van der Waals surface area contributed by atoms with Crippen molar-refractivity contribution in [1.82, 2.24) is 9.55 Å².